The van der Waals surface area contributed by atoms with Gasteiger partial charge >= 0.3 is 0 Å². The summed E-state index contributed by atoms with van der Waals surface area (Å²) in [6.07, 6.45) is 5.89. The van der Waals surface area contributed by atoms with Gasteiger partial charge in [-0.2, -0.15) is 11.8 Å². The number of halogens is 2. The van der Waals surface area contributed by atoms with Crippen LogP contribution in [0.2, 0.25) is 0 Å². The summed E-state index contributed by atoms with van der Waals surface area (Å²) in [4.78, 5) is 18.7. The maximum absolute atomic E-state index is 14.8. The number of thioether (sulfide) groups is 1. The van der Waals surface area contributed by atoms with Gasteiger partial charge in [-0.25, -0.2) is 13.8 Å². The molecule has 0 spiro atoms. The molecule has 2 N–H and O–H groups in total. The lowest BCUT2D eigenvalue weighted by atomic mass is 9.65. The van der Waals surface area contributed by atoms with Crippen LogP contribution in [0.25, 0.3) is 11.0 Å². The molecule has 2 fully saturated rings. The highest BCUT2D eigenvalue weighted by atomic mass is 32.2. The molecule has 2 aromatic carbocycles. The summed E-state index contributed by atoms with van der Waals surface area (Å²) in [5.41, 5.74) is 6.86. The van der Waals surface area contributed by atoms with Crippen molar-refractivity contribution in [1.29, 1.82) is 0 Å². The van der Waals surface area contributed by atoms with Gasteiger partial charge in [0.15, 0.2) is 11.6 Å². The van der Waals surface area contributed by atoms with Crippen LogP contribution >= 0.6 is 11.8 Å². The molecule has 0 radical (unpaired) electrons. The van der Waals surface area contributed by atoms with Crippen molar-refractivity contribution in [3.63, 3.8) is 0 Å². The van der Waals surface area contributed by atoms with Crippen LogP contribution < -0.4 is 5.73 Å². The molecule has 2 aliphatic rings. The maximum atomic E-state index is 14.8. The molecule has 1 unspecified atom stereocenters. The highest BCUT2D eigenvalue weighted by molar-refractivity contribution is 7.99. The predicted octanol–water partition coefficient (Wildman–Crippen LogP) is 5.95. The number of primary amides is 1. The summed E-state index contributed by atoms with van der Waals surface area (Å²) >= 11 is 1.88. The number of carbonyl (C=O) groups is 1. The largest absolute Gasteiger partial charge is 0.369 e. The van der Waals surface area contributed by atoms with Gasteiger partial charge in [0.2, 0.25) is 5.91 Å². The molecule has 1 amide bonds. The maximum Gasteiger partial charge on any atom is 0.244 e. The lowest BCUT2D eigenvalue weighted by molar-refractivity contribution is -0.135. The number of hydrogen-bond acceptors (Lipinski definition) is 4. The zero-order valence-corrected chi connectivity index (χ0v) is 21.4. The molecule has 8 heteroatoms. The molecular weight excluding hydrogens is 480 g/mol. The third-order valence-corrected chi connectivity index (χ3v) is 9.18. The van der Waals surface area contributed by atoms with Gasteiger partial charge in [0.25, 0.3) is 0 Å². The minimum absolute atomic E-state index is 0.0191. The van der Waals surface area contributed by atoms with Crippen LogP contribution in [0.3, 0.4) is 0 Å². The van der Waals surface area contributed by atoms with E-state index in [1.165, 1.54) is 6.07 Å². The van der Waals surface area contributed by atoms with Crippen molar-refractivity contribution in [1.82, 2.24) is 9.55 Å². The zero-order chi connectivity index (χ0) is 25.3. The Hall–Kier alpha value is -2.45. The van der Waals surface area contributed by atoms with E-state index in [1.807, 2.05) is 46.7 Å². The van der Waals surface area contributed by atoms with Gasteiger partial charge in [-0.15, -0.1) is 0 Å². The fourth-order valence-corrected chi connectivity index (χ4v) is 7.67. The van der Waals surface area contributed by atoms with E-state index in [9.17, 15) is 13.6 Å². The number of nitrogens with zero attached hydrogens (tertiary/aromatic N) is 2. The molecule has 1 saturated heterocycles. The third-order valence-electron chi connectivity index (χ3n) is 8.13. The number of methoxy groups -OCH3 is 1. The van der Waals surface area contributed by atoms with Gasteiger partial charge in [-0.05, 0) is 54.6 Å². The van der Waals surface area contributed by atoms with Gasteiger partial charge in [-0.1, -0.05) is 49.6 Å². The summed E-state index contributed by atoms with van der Waals surface area (Å²) in [5.74, 6) is -0.0704. The van der Waals surface area contributed by atoms with Crippen molar-refractivity contribution in [2.45, 2.75) is 56.6 Å². The molecule has 1 aliphatic heterocycles. The molecule has 1 aliphatic carbocycles. The molecule has 1 saturated carbocycles. The average Bonchev–Trinajstić information content (AvgIpc) is 3.25. The average molecular weight is 514 g/mol. The zero-order valence-electron chi connectivity index (χ0n) is 20.6. The summed E-state index contributed by atoms with van der Waals surface area (Å²) in [6.45, 7) is 0. The van der Waals surface area contributed by atoms with Crippen molar-refractivity contribution in [3.05, 3.63) is 65.5 Å². The molecular formula is C28H33F2N3O2S. The van der Waals surface area contributed by atoms with Crippen LogP contribution in [0.5, 0.6) is 0 Å². The number of nitrogens with two attached hydrogens (primary N) is 1. The Balaban J connectivity index is 1.85. The Morgan fingerprint density at radius 2 is 1.69 bits per heavy atom. The second-order valence-corrected chi connectivity index (χ2v) is 11.2. The van der Waals surface area contributed by atoms with Crippen molar-refractivity contribution in [3.8, 4) is 0 Å². The molecule has 2 atom stereocenters. The topological polar surface area (TPSA) is 70.1 Å². The SMILES string of the molecule is CO[C@@H](c1ccccc1)c1nc2cc(F)c(F)cc2n1C(C(N)=O)(C1CCCCC1)C1CCSCC1. The molecule has 1 aromatic heterocycles. The Morgan fingerprint density at radius 1 is 1.06 bits per heavy atom. The number of hydrogen-bond donors (Lipinski definition) is 1. The molecule has 3 aromatic rings. The Labute approximate surface area is 214 Å². The van der Waals surface area contributed by atoms with E-state index in [2.05, 4.69) is 0 Å². The monoisotopic (exact) mass is 513 g/mol. The van der Waals surface area contributed by atoms with E-state index in [1.54, 1.807) is 7.11 Å². The normalized spacial score (nSPS) is 20.3. The first-order valence-corrected chi connectivity index (χ1v) is 14.0. The van der Waals surface area contributed by atoms with E-state index in [4.69, 9.17) is 15.5 Å². The Bertz CT molecular complexity index is 1200. The summed E-state index contributed by atoms with van der Waals surface area (Å²) in [5, 5.41) is 0. The van der Waals surface area contributed by atoms with E-state index in [0.29, 0.717) is 16.9 Å². The number of rotatable bonds is 7. The number of benzene rings is 2. The van der Waals surface area contributed by atoms with Crippen LogP contribution in [0, 0.1) is 23.5 Å². The highest BCUT2D eigenvalue weighted by Gasteiger charge is 2.54. The number of ether oxygens (including phenoxy) is 1. The minimum atomic E-state index is -1.11. The summed E-state index contributed by atoms with van der Waals surface area (Å²) in [6, 6.07) is 11.9. The Kier molecular flexibility index (Phi) is 7.35. The second-order valence-electron chi connectivity index (χ2n) is 10.00. The first-order valence-electron chi connectivity index (χ1n) is 12.8. The quantitative estimate of drug-likeness (QED) is 0.424. The van der Waals surface area contributed by atoms with Gasteiger partial charge in [0.05, 0.1) is 11.0 Å². The van der Waals surface area contributed by atoms with Gasteiger partial charge in [0.1, 0.15) is 17.5 Å². The minimum Gasteiger partial charge on any atom is -0.369 e. The van der Waals surface area contributed by atoms with Crippen molar-refractivity contribution in [2.75, 3.05) is 18.6 Å². The van der Waals surface area contributed by atoms with Crippen molar-refractivity contribution >= 4 is 28.7 Å². The summed E-state index contributed by atoms with van der Waals surface area (Å²) in [7, 11) is 1.59. The molecule has 2 heterocycles. The standard InChI is InChI=1S/C28H33F2N3O2S/c1-35-25(18-8-4-2-5-9-18)26-32-23-16-21(29)22(30)17-24(23)33(26)28(27(31)34,19-10-6-3-7-11-19)20-12-14-36-15-13-20/h2,4-5,8-9,16-17,19-20,25H,3,6-7,10-15H2,1H3,(H2,31,34)/t25-,28?/m0/s1. The van der Waals surface area contributed by atoms with E-state index >= 15 is 0 Å². The van der Waals surface area contributed by atoms with Crippen LogP contribution in [0.15, 0.2) is 42.5 Å². The second kappa shape index (κ2) is 10.5. The first-order chi connectivity index (χ1) is 17.5. The number of aromatic nitrogens is 2. The van der Waals surface area contributed by atoms with E-state index in [-0.39, 0.29) is 11.8 Å². The first kappa shape index (κ1) is 25.2. The molecule has 36 heavy (non-hydrogen) atoms. The fraction of sp³-hybridized carbons (Fsp3) is 0.500. The van der Waals surface area contributed by atoms with E-state index < -0.39 is 29.2 Å². The van der Waals surface area contributed by atoms with Crippen molar-refractivity contribution in [2.24, 2.45) is 17.6 Å². The number of fused-ring (bicyclic) bond motifs is 1. The summed E-state index contributed by atoms with van der Waals surface area (Å²) < 4.78 is 37.0. The number of carbonyl (C=O) groups excluding carboxylic acids is 1. The molecule has 5 nitrogen and oxygen atoms in total. The van der Waals surface area contributed by atoms with E-state index in [0.717, 1.165) is 68.1 Å². The molecule has 0 bridgehead atoms. The van der Waals surface area contributed by atoms with Crippen LogP contribution in [-0.4, -0.2) is 34.1 Å². The fourth-order valence-electron chi connectivity index (χ4n) is 6.57. The van der Waals surface area contributed by atoms with Crippen LogP contribution in [0.1, 0.15) is 62.4 Å². The van der Waals surface area contributed by atoms with Gasteiger partial charge < -0.3 is 15.0 Å². The molecule has 5 rings (SSSR count). The van der Waals surface area contributed by atoms with Crippen molar-refractivity contribution < 1.29 is 18.3 Å². The van der Waals surface area contributed by atoms with Gasteiger partial charge in [0, 0.05) is 19.2 Å². The number of imidazole rings is 1. The Morgan fingerprint density at radius 3 is 2.33 bits per heavy atom. The number of amides is 1. The highest BCUT2D eigenvalue weighted by Crippen LogP contribution is 2.50. The lowest BCUT2D eigenvalue weighted by Crippen LogP contribution is -2.58. The third kappa shape index (κ3) is 4.22. The molecule has 192 valence electrons. The van der Waals surface area contributed by atoms with Crippen LogP contribution in [-0.2, 0) is 15.1 Å². The smallest absolute Gasteiger partial charge is 0.244 e. The lowest BCUT2D eigenvalue weighted by Gasteiger charge is -2.49. The predicted molar refractivity (Wildman–Crippen MR) is 139 cm³/mol. The van der Waals surface area contributed by atoms with Gasteiger partial charge in [-0.3, -0.25) is 4.79 Å². The van der Waals surface area contributed by atoms with Crippen LogP contribution in [0.4, 0.5) is 8.78 Å².